The van der Waals surface area contributed by atoms with Crippen LogP contribution in [0.5, 0.6) is 11.5 Å². The van der Waals surface area contributed by atoms with Crippen LogP contribution >= 0.6 is 0 Å². The summed E-state index contributed by atoms with van der Waals surface area (Å²) in [4.78, 5) is 58.3. The van der Waals surface area contributed by atoms with Gasteiger partial charge in [-0.3, -0.25) is 25.1 Å². The van der Waals surface area contributed by atoms with E-state index in [1.807, 2.05) is 36.4 Å². The number of hydrogen-bond acceptors (Lipinski definition) is 13. The normalized spacial score (nSPS) is 22.8. The zero-order valence-corrected chi connectivity index (χ0v) is 35.0. The van der Waals surface area contributed by atoms with Gasteiger partial charge in [-0.2, -0.15) is 0 Å². The van der Waals surface area contributed by atoms with Gasteiger partial charge in [0.25, 0.3) is 5.91 Å². The van der Waals surface area contributed by atoms with E-state index in [2.05, 4.69) is 41.8 Å². The van der Waals surface area contributed by atoms with Crippen molar-refractivity contribution in [2.24, 2.45) is 11.8 Å². The van der Waals surface area contributed by atoms with E-state index in [1.54, 1.807) is 18.3 Å². The molecule has 0 spiro atoms. The molecule has 3 aromatic rings. The number of aromatic nitrogens is 2. The summed E-state index contributed by atoms with van der Waals surface area (Å²) in [5.41, 5.74) is 10.6. The minimum absolute atomic E-state index is 0. The van der Waals surface area contributed by atoms with Crippen LogP contribution in [0.1, 0.15) is 88.3 Å². The van der Waals surface area contributed by atoms with E-state index in [0.717, 1.165) is 127 Å². The maximum Gasteiger partial charge on any atom is 0.255 e. The Kier molecular flexibility index (Phi) is 11.1. The third kappa shape index (κ3) is 8.38. The highest BCUT2D eigenvalue weighted by Crippen LogP contribution is 2.42. The lowest BCUT2D eigenvalue weighted by molar-refractivity contribution is -0.136. The molecule has 15 nitrogen and oxygen atoms in total. The number of nitrogens with zero attached hydrogens (tertiary/aromatic N) is 7. The van der Waals surface area contributed by atoms with Gasteiger partial charge in [-0.05, 0) is 94.0 Å². The van der Waals surface area contributed by atoms with Gasteiger partial charge in [-0.15, -0.1) is 0 Å². The molecule has 0 radical (unpaired) electrons. The van der Waals surface area contributed by atoms with Gasteiger partial charge in [0.05, 0.1) is 30.7 Å². The van der Waals surface area contributed by atoms with Gasteiger partial charge in [0.1, 0.15) is 35.3 Å². The van der Waals surface area contributed by atoms with E-state index in [4.69, 9.17) is 20.6 Å². The van der Waals surface area contributed by atoms with Crippen LogP contribution in [-0.4, -0.2) is 132 Å². The fraction of sp³-hybridized carbons (Fsp3) is 0.556. The number of ether oxygens (including phenoxy) is 2. The number of methoxy groups -OCH3 is 1. The van der Waals surface area contributed by atoms with Crippen LogP contribution in [-0.2, 0) is 16.1 Å². The predicted molar refractivity (Wildman–Crippen MR) is 233 cm³/mol. The first-order valence-corrected chi connectivity index (χ1v) is 21.8. The Hall–Kier alpha value is -5.28. The number of nitrogens with one attached hydrogen (secondary N) is 2. The fourth-order valence-corrected chi connectivity index (χ4v) is 9.84. The predicted octanol–water partition coefficient (Wildman–Crippen LogP) is 4.42. The van der Waals surface area contributed by atoms with E-state index in [1.165, 1.54) is 0 Å². The molecule has 5 fully saturated rings. The second kappa shape index (κ2) is 16.6. The summed E-state index contributed by atoms with van der Waals surface area (Å²) >= 11 is 0. The lowest BCUT2D eigenvalue weighted by atomic mass is 9.94. The molecule has 5 aliphatic heterocycles. The lowest BCUT2D eigenvalue weighted by Crippen LogP contribution is -2.52. The third-order valence-corrected chi connectivity index (χ3v) is 13.8. The van der Waals surface area contributed by atoms with Crippen molar-refractivity contribution < 1.29 is 26.7 Å². The number of amides is 3. The van der Waals surface area contributed by atoms with Crippen LogP contribution in [0.3, 0.4) is 0 Å². The van der Waals surface area contributed by atoms with Gasteiger partial charge < -0.3 is 39.7 Å². The Balaban J connectivity index is 0.00000289. The summed E-state index contributed by atoms with van der Waals surface area (Å²) in [6.07, 6.45) is 8.65. The van der Waals surface area contributed by atoms with E-state index in [-0.39, 0.29) is 32.4 Å². The Labute approximate surface area is 355 Å². The minimum Gasteiger partial charge on any atom is -0.494 e. The number of nitrogen functional groups attached to an aromatic ring is 1. The molecule has 60 heavy (non-hydrogen) atoms. The van der Waals surface area contributed by atoms with E-state index >= 15 is 0 Å². The second-order valence-electron chi connectivity index (χ2n) is 17.9. The minimum atomic E-state index is -0.645. The average Bonchev–Trinajstić information content (AvgIpc) is 3.90. The molecule has 6 heterocycles. The van der Waals surface area contributed by atoms with Crippen LogP contribution in [0.25, 0.3) is 0 Å². The van der Waals surface area contributed by atoms with Gasteiger partial charge >= 0.3 is 0 Å². The molecule has 6 aliphatic rings. The molecule has 15 heteroatoms. The smallest absolute Gasteiger partial charge is 0.255 e. The van der Waals surface area contributed by atoms with Gasteiger partial charge in [0.2, 0.25) is 11.8 Å². The molecule has 9 rings (SSSR count). The van der Waals surface area contributed by atoms with Gasteiger partial charge in [0.15, 0.2) is 0 Å². The van der Waals surface area contributed by atoms with Crippen molar-refractivity contribution in [1.82, 2.24) is 30.0 Å². The Bertz CT molecular complexity index is 2150. The Morgan fingerprint density at radius 2 is 1.55 bits per heavy atom. The molecule has 4 N–H and O–H groups in total. The number of fused-ring (bicyclic) bond motifs is 1. The standard InChI is InChI=1S/C45H58N10O5.2H2/c1-45(13-14-45)60-31-3-5-35(46)33(23-31)41(47)36-24-39(49-28-48-36)54-17-11-30(12-18-54)26-52-21-19-51(20-22-52)25-29-9-15-53(16-10-29)37-6-4-32-34(42(37)59-2)27-55(44(32)58)38-7-8-40(56)50-43(38)57;;/h3-6,23-24,28-30,38,47H,7-22,25-27,46H2,1-2H3,(H,50,56,57);2*1H. The van der Waals surface area contributed by atoms with Crippen molar-refractivity contribution in [3.8, 4) is 11.5 Å². The van der Waals surface area contributed by atoms with Crippen LogP contribution in [0, 0.1) is 17.2 Å². The number of imide groups is 1. The number of carbonyl (C=O) groups is 3. The summed E-state index contributed by atoms with van der Waals surface area (Å²) in [6, 6.07) is 10.7. The quantitative estimate of drug-likeness (QED) is 0.134. The van der Waals surface area contributed by atoms with Crippen molar-refractivity contribution >= 4 is 40.6 Å². The SMILES string of the molecule is COc1c(N2CCC(CN3CCN(CC4CCN(c5cc(C(=N)c6cc(OC7(C)CC7)ccc6N)ncn5)CC4)CC3)CC2)ccc2c1CN(C1CCC(=O)NC1=O)C2=O.[HH].[HH]. The van der Waals surface area contributed by atoms with E-state index in [9.17, 15) is 14.4 Å². The zero-order chi connectivity index (χ0) is 41.5. The van der Waals surface area contributed by atoms with Crippen molar-refractivity contribution in [3.05, 3.63) is 65.1 Å². The number of anilines is 3. The first kappa shape index (κ1) is 40.1. The Morgan fingerprint density at radius 1 is 0.883 bits per heavy atom. The van der Waals surface area contributed by atoms with Crippen LogP contribution in [0.4, 0.5) is 17.2 Å². The summed E-state index contributed by atoms with van der Waals surface area (Å²) in [5, 5.41) is 11.3. The number of carbonyl (C=O) groups excluding carboxylic acids is 3. The summed E-state index contributed by atoms with van der Waals surface area (Å²) in [6.45, 7) is 12.8. The molecule has 0 bridgehead atoms. The van der Waals surface area contributed by atoms with Crippen LogP contribution in [0.2, 0.25) is 0 Å². The zero-order valence-electron chi connectivity index (χ0n) is 35.0. The maximum absolute atomic E-state index is 13.4. The molecule has 3 amide bonds. The lowest BCUT2D eigenvalue weighted by Gasteiger charge is -2.41. The molecule has 322 valence electrons. The van der Waals surface area contributed by atoms with Gasteiger partial charge in [-0.1, -0.05) is 0 Å². The first-order valence-electron chi connectivity index (χ1n) is 21.8. The molecular formula is C45H62N10O5. The summed E-state index contributed by atoms with van der Waals surface area (Å²) < 4.78 is 12.1. The number of nitrogens with two attached hydrogens (primary N) is 1. The molecule has 4 saturated heterocycles. The molecule has 1 atom stereocenters. The number of piperazine rings is 1. The highest BCUT2D eigenvalue weighted by Gasteiger charge is 2.42. The van der Waals surface area contributed by atoms with Crippen LogP contribution in [0.15, 0.2) is 42.7 Å². The second-order valence-corrected chi connectivity index (χ2v) is 17.9. The average molecular weight is 823 g/mol. The van der Waals surface area contributed by atoms with Gasteiger partial charge in [0, 0.05) is 103 Å². The monoisotopic (exact) mass is 822 g/mol. The highest BCUT2D eigenvalue weighted by atomic mass is 16.5. The third-order valence-electron chi connectivity index (χ3n) is 13.8. The summed E-state index contributed by atoms with van der Waals surface area (Å²) in [7, 11) is 1.65. The number of rotatable bonds is 12. The molecule has 1 aromatic heterocycles. The fourth-order valence-electron chi connectivity index (χ4n) is 9.84. The van der Waals surface area contributed by atoms with E-state index in [0.29, 0.717) is 53.1 Å². The molecule has 1 saturated carbocycles. The van der Waals surface area contributed by atoms with Gasteiger partial charge in [-0.25, -0.2) is 9.97 Å². The van der Waals surface area contributed by atoms with Crippen molar-refractivity contribution in [3.63, 3.8) is 0 Å². The van der Waals surface area contributed by atoms with Crippen molar-refractivity contribution in [2.45, 2.75) is 76.5 Å². The number of hydrogen-bond donors (Lipinski definition) is 3. The van der Waals surface area contributed by atoms with Crippen molar-refractivity contribution in [1.29, 1.82) is 5.41 Å². The largest absolute Gasteiger partial charge is 0.494 e. The molecular weight excluding hydrogens is 761 g/mol. The highest BCUT2D eigenvalue weighted by molar-refractivity contribution is 6.13. The molecule has 2 aromatic carbocycles. The van der Waals surface area contributed by atoms with Crippen LogP contribution < -0.4 is 30.3 Å². The van der Waals surface area contributed by atoms with Crippen molar-refractivity contribution in [2.75, 3.05) is 88.1 Å². The topological polar surface area (TPSA) is 174 Å². The Morgan fingerprint density at radius 3 is 2.18 bits per heavy atom. The maximum atomic E-state index is 13.4. The molecule has 1 aliphatic carbocycles. The summed E-state index contributed by atoms with van der Waals surface area (Å²) in [5.74, 6) is 2.73. The molecule has 1 unspecified atom stereocenters. The number of benzene rings is 2. The van der Waals surface area contributed by atoms with E-state index < -0.39 is 11.9 Å². The first-order chi connectivity index (χ1) is 29.0. The number of piperidine rings is 3.